The molecule has 0 bridgehead atoms. The number of hydrogen-bond acceptors (Lipinski definition) is 5. The van der Waals surface area contributed by atoms with E-state index in [-0.39, 0.29) is 16.7 Å². The van der Waals surface area contributed by atoms with E-state index in [4.69, 9.17) is 21.9 Å². The Morgan fingerprint density at radius 3 is 2.89 bits per heavy atom. The molecule has 7 heteroatoms. The summed E-state index contributed by atoms with van der Waals surface area (Å²) in [4.78, 5) is 15.8. The van der Waals surface area contributed by atoms with Crippen molar-refractivity contribution in [1.82, 2.24) is 15.5 Å². The van der Waals surface area contributed by atoms with E-state index in [2.05, 4.69) is 15.5 Å². The molecule has 3 N–H and O–H groups in total. The first-order chi connectivity index (χ1) is 8.99. The maximum Gasteiger partial charge on any atom is 0.253 e. The number of halogens is 1. The summed E-state index contributed by atoms with van der Waals surface area (Å²) >= 11 is 5.90. The standard InChI is InChI=1S/C12H13ClN4O2/c1-6-9(7(2)19-17-6)4-16-12(18)8-3-11(14)15-5-10(8)13/h3,5H,4H2,1-2H3,(H2,14,15)(H,16,18). The fraction of sp³-hybridized carbons (Fsp3) is 0.250. The number of nitrogens with two attached hydrogens (primary N) is 1. The number of hydrogen-bond donors (Lipinski definition) is 2. The van der Waals surface area contributed by atoms with Crippen LogP contribution in [0.2, 0.25) is 5.02 Å². The monoisotopic (exact) mass is 280 g/mol. The van der Waals surface area contributed by atoms with Crippen molar-refractivity contribution in [2.45, 2.75) is 20.4 Å². The van der Waals surface area contributed by atoms with E-state index in [1.165, 1.54) is 12.3 Å². The van der Waals surface area contributed by atoms with Gasteiger partial charge in [0.1, 0.15) is 11.6 Å². The zero-order valence-corrected chi connectivity index (χ0v) is 11.3. The van der Waals surface area contributed by atoms with Crippen molar-refractivity contribution >= 4 is 23.3 Å². The second-order valence-corrected chi connectivity index (χ2v) is 4.48. The summed E-state index contributed by atoms with van der Waals surface area (Å²) in [7, 11) is 0. The number of carbonyl (C=O) groups is 1. The molecule has 2 aromatic heterocycles. The number of aromatic nitrogens is 2. The zero-order valence-electron chi connectivity index (χ0n) is 10.5. The van der Waals surface area contributed by atoms with Crippen molar-refractivity contribution < 1.29 is 9.32 Å². The summed E-state index contributed by atoms with van der Waals surface area (Å²) in [5.41, 5.74) is 7.42. The summed E-state index contributed by atoms with van der Waals surface area (Å²) in [5.74, 6) is 0.601. The second kappa shape index (κ2) is 5.27. The van der Waals surface area contributed by atoms with Crippen LogP contribution in [0.15, 0.2) is 16.8 Å². The summed E-state index contributed by atoms with van der Waals surface area (Å²) in [6, 6.07) is 1.44. The minimum absolute atomic E-state index is 0.242. The average Bonchev–Trinajstić information content (AvgIpc) is 2.69. The van der Waals surface area contributed by atoms with Crippen LogP contribution in [0.3, 0.4) is 0 Å². The Morgan fingerprint density at radius 1 is 1.53 bits per heavy atom. The minimum atomic E-state index is -0.320. The van der Waals surface area contributed by atoms with Crippen LogP contribution in [0.4, 0.5) is 5.82 Å². The van der Waals surface area contributed by atoms with Crippen LogP contribution in [-0.2, 0) is 6.54 Å². The highest BCUT2D eigenvalue weighted by molar-refractivity contribution is 6.33. The number of nitrogen functional groups attached to an aromatic ring is 1. The smallest absolute Gasteiger partial charge is 0.253 e. The third-order valence-electron chi connectivity index (χ3n) is 2.73. The fourth-order valence-corrected chi connectivity index (χ4v) is 1.84. The van der Waals surface area contributed by atoms with E-state index in [1.54, 1.807) is 6.92 Å². The molecule has 2 aromatic rings. The van der Waals surface area contributed by atoms with Gasteiger partial charge >= 0.3 is 0 Å². The molecular formula is C12H13ClN4O2. The van der Waals surface area contributed by atoms with Gasteiger partial charge in [0.15, 0.2) is 0 Å². The molecule has 6 nitrogen and oxygen atoms in total. The number of aryl methyl sites for hydroxylation is 2. The van der Waals surface area contributed by atoms with Crippen LogP contribution in [0, 0.1) is 13.8 Å². The summed E-state index contributed by atoms with van der Waals surface area (Å²) in [6.45, 7) is 3.92. The molecule has 2 heterocycles. The van der Waals surface area contributed by atoms with E-state index in [1.807, 2.05) is 6.92 Å². The number of anilines is 1. The average molecular weight is 281 g/mol. The highest BCUT2D eigenvalue weighted by atomic mass is 35.5. The number of nitrogens with zero attached hydrogens (tertiary/aromatic N) is 2. The van der Waals surface area contributed by atoms with Gasteiger partial charge in [-0.05, 0) is 19.9 Å². The summed E-state index contributed by atoms with van der Waals surface area (Å²) in [6.07, 6.45) is 1.35. The zero-order chi connectivity index (χ0) is 14.0. The van der Waals surface area contributed by atoms with Crippen molar-refractivity contribution in [2.24, 2.45) is 0 Å². The Balaban J connectivity index is 2.12. The number of nitrogens with one attached hydrogen (secondary N) is 1. The Kier molecular flexibility index (Phi) is 3.71. The predicted octanol–water partition coefficient (Wildman–Crippen LogP) is 1.85. The van der Waals surface area contributed by atoms with Gasteiger partial charge in [-0.3, -0.25) is 4.79 Å². The first-order valence-electron chi connectivity index (χ1n) is 5.60. The molecule has 2 rings (SSSR count). The van der Waals surface area contributed by atoms with Crippen LogP contribution in [0.25, 0.3) is 0 Å². The van der Waals surface area contributed by atoms with E-state index in [0.717, 1.165) is 11.3 Å². The quantitative estimate of drug-likeness (QED) is 0.895. The van der Waals surface area contributed by atoms with Crippen LogP contribution >= 0.6 is 11.6 Å². The van der Waals surface area contributed by atoms with Gasteiger partial charge in [-0.1, -0.05) is 16.8 Å². The number of amides is 1. The largest absolute Gasteiger partial charge is 0.384 e. The molecule has 1 amide bonds. The van der Waals surface area contributed by atoms with E-state index in [9.17, 15) is 4.79 Å². The molecule has 0 spiro atoms. The third kappa shape index (κ3) is 2.85. The second-order valence-electron chi connectivity index (χ2n) is 4.07. The highest BCUT2D eigenvalue weighted by Gasteiger charge is 2.14. The Labute approximate surface area is 114 Å². The Bertz CT molecular complexity index is 605. The van der Waals surface area contributed by atoms with E-state index in [0.29, 0.717) is 17.9 Å². The van der Waals surface area contributed by atoms with Gasteiger partial charge in [0.2, 0.25) is 0 Å². The first-order valence-corrected chi connectivity index (χ1v) is 5.97. The minimum Gasteiger partial charge on any atom is -0.384 e. The molecule has 0 unspecified atom stereocenters. The van der Waals surface area contributed by atoms with Crippen molar-refractivity contribution in [3.05, 3.63) is 39.9 Å². The lowest BCUT2D eigenvalue weighted by Gasteiger charge is -2.06. The van der Waals surface area contributed by atoms with Gasteiger partial charge in [0.25, 0.3) is 5.91 Å². The maximum absolute atomic E-state index is 12.0. The van der Waals surface area contributed by atoms with Crippen LogP contribution in [0.1, 0.15) is 27.4 Å². The highest BCUT2D eigenvalue weighted by Crippen LogP contribution is 2.17. The SMILES string of the molecule is Cc1noc(C)c1CNC(=O)c1cc(N)ncc1Cl. The number of pyridine rings is 1. The molecule has 0 aliphatic heterocycles. The van der Waals surface area contributed by atoms with Crippen molar-refractivity contribution in [2.75, 3.05) is 5.73 Å². The van der Waals surface area contributed by atoms with Gasteiger partial charge in [-0.2, -0.15) is 0 Å². The molecule has 0 aliphatic carbocycles. The normalized spacial score (nSPS) is 10.5. The Hall–Kier alpha value is -2.08. The molecule has 0 aromatic carbocycles. The summed E-state index contributed by atoms with van der Waals surface area (Å²) < 4.78 is 5.02. The molecule has 19 heavy (non-hydrogen) atoms. The maximum atomic E-state index is 12.0. The van der Waals surface area contributed by atoms with Crippen LogP contribution in [0.5, 0.6) is 0 Å². The van der Waals surface area contributed by atoms with Gasteiger partial charge in [0, 0.05) is 18.3 Å². The first kappa shape index (κ1) is 13.4. The topological polar surface area (TPSA) is 94.0 Å². The number of carbonyl (C=O) groups excluding carboxylic acids is 1. The molecular weight excluding hydrogens is 268 g/mol. The lowest BCUT2D eigenvalue weighted by atomic mass is 10.2. The third-order valence-corrected chi connectivity index (χ3v) is 3.03. The van der Waals surface area contributed by atoms with Gasteiger partial charge < -0.3 is 15.6 Å². The van der Waals surface area contributed by atoms with Crippen LogP contribution in [-0.4, -0.2) is 16.0 Å². The molecule has 100 valence electrons. The number of rotatable bonds is 3. The summed E-state index contributed by atoms with van der Waals surface area (Å²) in [5, 5.41) is 6.82. The van der Waals surface area contributed by atoms with E-state index >= 15 is 0 Å². The Morgan fingerprint density at radius 2 is 2.26 bits per heavy atom. The molecule has 0 saturated heterocycles. The lowest BCUT2D eigenvalue weighted by Crippen LogP contribution is -2.24. The van der Waals surface area contributed by atoms with Gasteiger partial charge in [-0.15, -0.1) is 0 Å². The van der Waals surface area contributed by atoms with Gasteiger partial charge in [0.05, 0.1) is 16.3 Å². The van der Waals surface area contributed by atoms with E-state index < -0.39 is 0 Å². The molecule has 0 atom stereocenters. The molecule has 0 fully saturated rings. The molecule has 0 saturated carbocycles. The predicted molar refractivity (Wildman–Crippen MR) is 70.8 cm³/mol. The van der Waals surface area contributed by atoms with Crippen molar-refractivity contribution in [3.8, 4) is 0 Å². The van der Waals surface area contributed by atoms with Crippen LogP contribution < -0.4 is 11.1 Å². The molecule has 0 aliphatic rings. The van der Waals surface area contributed by atoms with Crippen molar-refractivity contribution in [3.63, 3.8) is 0 Å². The van der Waals surface area contributed by atoms with Gasteiger partial charge in [-0.25, -0.2) is 4.98 Å². The molecule has 0 radical (unpaired) electrons. The lowest BCUT2D eigenvalue weighted by molar-refractivity contribution is 0.0951. The van der Waals surface area contributed by atoms with Crippen molar-refractivity contribution in [1.29, 1.82) is 0 Å². The fourth-order valence-electron chi connectivity index (χ4n) is 1.65.